The zero-order valence-corrected chi connectivity index (χ0v) is 12.4. The van der Waals surface area contributed by atoms with Gasteiger partial charge in [-0.3, -0.25) is 4.79 Å². The summed E-state index contributed by atoms with van der Waals surface area (Å²) in [5, 5.41) is 13.0. The zero-order chi connectivity index (χ0) is 15.0. The maximum absolute atomic E-state index is 11.8. The van der Waals surface area contributed by atoms with Crippen molar-refractivity contribution in [3.05, 3.63) is 27.4 Å². The number of hydrogen-bond donors (Lipinski definition) is 2. The van der Waals surface area contributed by atoms with Gasteiger partial charge in [-0.1, -0.05) is 23.2 Å². The van der Waals surface area contributed by atoms with Crippen molar-refractivity contribution in [2.45, 2.75) is 12.8 Å². The van der Waals surface area contributed by atoms with Crippen molar-refractivity contribution < 1.29 is 9.53 Å². The van der Waals surface area contributed by atoms with Crippen molar-refractivity contribution in [3.63, 3.8) is 0 Å². The number of nitriles is 1. The summed E-state index contributed by atoms with van der Waals surface area (Å²) in [6.07, 6.45) is 0.928. The van der Waals surface area contributed by atoms with Gasteiger partial charge in [-0.2, -0.15) is 5.26 Å². The number of nitrogens with zero attached hydrogens (tertiary/aromatic N) is 1. The van der Waals surface area contributed by atoms with Gasteiger partial charge in [0, 0.05) is 30.1 Å². The Balaban J connectivity index is 2.26. The summed E-state index contributed by atoms with van der Waals surface area (Å²) in [5.74, 6) is 0.417. The van der Waals surface area contributed by atoms with Crippen LogP contribution in [0.3, 0.4) is 0 Å². The van der Waals surface area contributed by atoms with Crippen LogP contribution in [0.4, 0.5) is 0 Å². The Bertz CT molecular complexity index is 777. The molecule has 0 fully saturated rings. The molecule has 1 aliphatic rings. The van der Waals surface area contributed by atoms with Crippen LogP contribution in [-0.4, -0.2) is 24.0 Å². The first-order chi connectivity index (χ1) is 10.1. The molecule has 1 amide bonds. The number of halogens is 2. The van der Waals surface area contributed by atoms with E-state index < -0.39 is 0 Å². The molecule has 5 nitrogen and oxygen atoms in total. The molecule has 1 aliphatic heterocycles. The Kier molecular flexibility index (Phi) is 3.66. The maximum atomic E-state index is 11.8. The van der Waals surface area contributed by atoms with Crippen molar-refractivity contribution in [2.75, 3.05) is 13.2 Å². The SMILES string of the molecule is N#CCOc1cc(Cl)c(Cl)c2[nH]c3c(c12)CC(=O)NCC3. The van der Waals surface area contributed by atoms with Gasteiger partial charge < -0.3 is 15.0 Å². The number of benzene rings is 1. The first-order valence-electron chi connectivity index (χ1n) is 6.39. The van der Waals surface area contributed by atoms with Gasteiger partial charge in [-0.25, -0.2) is 0 Å². The molecule has 0 saturated carbocycles. The van der Waals surface area contributed by atoms with Gasteiger partial charge >= 0.3 is 0 Å². The fourth-order valence-corrected chi connectivity index (χ4v) is 2.97. The first-order valence-corrected chi connectivity index (χ1v) is 7.15. The van der Waals surface area contributed by atoms with E-state index in [0.29, 0.717) is 34.3 Å². The molecule has 2 aromatic rings. The summed E-state index contributed by atoms with van der Waals surface area (Å²) in [5.41, 5.74) is 2.44. The fourth-order valence-electron chi connectivity index (χ4n) is 2.58. The van der Waals surface area contributed by atoms with Crippen molar-refractivity contribution in [3.8, 4) is 11.8 Å². The predicted octanol–water partition coefficient (Wildman–Crippen LogP) is 2.59. The van der Waals surface area contributed by atoms with Crippen LogP contribution in [0, 0.1) is 11.3 Å². The first kappa shape index (κ1) is 14.1. The number of rotatable bonds is 2. The summed E-state index contributed by atoms with van der Waals surface area (Å²) in [4.78, 5) is 15.0. The normalized spacial score (nSPS) is 14.2. The molecule has 2 heterocycles. The second-order valence-electron chi connectivity index (χ2n) is 4.73. The average Bonchev–Trinajstić information content (AvgIpc) is 2.70. The van der Waals surface area contributed by atoms with E-state index in [-0.39, 0.29) is 18.9 Å². The number of carbonyl (C=O) groups excluding carboxylic acids is 1. The second kappa shape index (κ2) is 5.47. The number of ether oxygens (including phenoxy) is 1. The summed E-state index contributed by atoms with van der Waals surface area (Å²) >= 11 is 12.3. The lowest BCUT2D eigenvalue weighted by Gasteiger charge is -2.08. The number of hydrogen-bond acceptors (Lipinski definition) is 3. The van der Waals surface area contributed by atoms with E-state index in [0.717, 1.165) is 16.6 Å². The Hall–Kier alpha value is -1.90. The van der Waals surface area contributed by atoms with Gasteiger partial charge in [-0.15, -0.1) is 0 Å². The Morgan fingerprint density at radius 1 is 1.43 bits per heavy atom. The van der Waals surface area contributed by atoms with Gasteiger partial charge in [0.25, 0.3) is 0 Å². The molecule has 108 valence electrons. The third-order valence-electron chi connectivity index (χ3n) is 3.45. The van der Waals surface area contributed by atoms with E-state index in [2.05, 4.69) is 10.3 Å². The number of H-pyrrole nitrogens is 1. The lowest BCUT2D eigenvalue weighted by Crippen LogP contribution is -2.24. The Morgan fingerprint density at radius 3 is 3.00 bits per heavy atom. The summed E-state index contributed by atoms with van der Waals surface area (Å²) in [6.45, 7) is 0.470. The third-order valence-corrected chi connectivity index (χ3v) is 4.24. The molecule has 0 atom stereocenters. The van der Waals surface area contributed by atoms with Gasteiger partial charge in [0.2, 0.25) is 5.91 Å². The molecule has 0 radical (unpaired) electrons. The van der Waals surface area contributed by atoms with Crippen molar-refractivity contribution >= 4 is 40.0 Å². The van der Waals surface area contributed by atoms with E-state index in [1.54, 1.807) is 6.07 Å². The Morgan fingerprint density at radius 2 is 2.24 bits per heavy atom. The molecule has 1 aromatic heterocycles. The minimum atomic E-state index is -0.0980. The minimum absolute atomic E-state index is 0.0491. The summed E-state index contributed by atoms with van der Waals surface area (Å²) < 4.78 is 5.45. The van der Waals surface area contributed by atoms with Crippen LogP contribution >= 0.6 is 23.2 Å². The highest BCUT2D eigenvalue weighted by atomic mass is 35.5. The van der Waals surface area contributed by atoms with Crippen LogP contribution in [0.25, 0.3) is 10.9 Å². The predicted molar refractivity (Wildman–Crippen MR) is 79.8 cm³/mol. The molecule has 1 aromatic carbocycles. The van der Waals surface area contributed by atoms with Gasteiger partial charge in [0.1, 0.15) is 11.8 Å². The van der Waals surface area contributed by atoms with Crippen LogP contribution in [0.5, 0.6) is 5.75 Å². The van der Waals surface area contributed by atoms with E-state index in [9.17, 15) is 4.79 Å². The molecule has 7 heteroatoms. The molecule has 21 heavy (non-hydrogen) atoms. The largest absolute Gasteiger partial charge is 0.478 e. The quantitative estimate of drug-likeness (QED) is 0.891. The van der Waals surface area contributed by atoms with Crippen molar-refractivity contribution in [1.29, 1.82) is 5.26 Å². The molecule has 2 N–H and O–H groups in total. The number of carbonyl (C=O) groups is 1. The summed E-state index contributed by atoms with van der Waals surface area (Å²) in [7, 11) is 0. The van der Waals surface area contributed by atoms with Crippen molar-refractivity contribution in [1.82, 2.24) is 10.3 Å². The second-order valence-corrected chi connectivity index (χ2v) is 5.51. The molecule has 0 spiro atoms. The van der Waals surface area contributed by atoms with Crippen LogP contribution in [0.15, 0.2) is 6.07 Å². The number of aromatic nitrogens is 1. The third kappa shape index (κ3) is 2.41. The average molecular weight is 324 g/mol. The fraction of sp³-hybridized carbons (Fsp3) is 0.286. The zero-order valence-electron chi connectivity index (χ0n) is 10.9. The highest BCUT2D eigenvalue weighted by Gasteiger charge is 2.23. The number of fused-ring (bicyclic) bond motifs is 3. The molecule has 0 unspecified atom stereocenters. The monoisotopic (exact) mass is 323 g/mol. The van der Waals surface area contributed by atoms with Crippen LogP contribution in [-0.2, 0) is 17.6 Å². The minimum Gasteiger partial charge on any atom is -0.478 e. The molecular formula is C14H11Cl2N3O2. The van der Waals surface area contributed by atoms with E-state index >= 15 is 0 Å². The topological polar surface area (TPSA) is 77.9 Å². The van der Waals surface area contributed by atoms with Crippen molar-refractivity contribution in [2.24, 2.45) is 0 Å². The van der Waals surface area contributed by atoms with Crippen LogP contribution < -0.4 is 10.1 Å². The highest BCUT2D eigenvalue weighted by Crippen LogP contribution is 2.40. The molecular weight excluding hydrogens is 313 g/mol. The Labute approximate surface area is 130 Å². The summed E-state index contributed by atoms with van der Waals surface area (Å²) in [6, 6.07) is 3.50. The number of aromatic amines is 1. The lowest BCUT2D eigenvalue weighted by atomic mass is 10.1. The number of amides is 1. The van der Waals surface area contributed by atoms with Crippen LogP contribution in [0.2, 0.25) is 10.0 Å². The highest BCUT2D eigenvalue weighted by molar-refractivity contribution is 6.45. The van der Waals surface area contributed by atoms with Gasteiger partial charge in [0.15, 0.2) is 6.61 Å². The molecule has 3 rings (SSSR count). The standard InChI is InChI=1S/C14H11Cl2N3O2/c15-8-6-10(21-4-2-17)12-7-5-11(20)18-3-1-9(7)19-14(12)13(8)16/h6,19H,1,3-5H2,(H,18,20). The maximum Gasteiger partial charge on any atom is 0.224 e. The van der Waals surface area contributed by atoms with E-state index in [1.165, 1.54) is 0 Å². The smallest absolute Gasteiger partial charge is 0.224 e. The van der Waals surface area contributed by atoms with Crippen LogP contribution in [0.1, 0.15) is 11.3 Å². The van der Waals surface area contributed by atoms with E-state index in [1.807, 2.05) is 6.07 Å². The lowest BCUT2D eigenvalue weighted by molar-refractivity contribution is -0.120. The van der Waals surface area contributed by atoms with E-state index in [4.69, 9.17) is 33.2 Å². The van der Waals surface area contributed by atoms with Gasteiger partial charge in [0.05, 0.1) is 22.0 Å². The molecule has 0 aliphatic carbocycles. The molecule has 0 bridgehead atoms. The van der Waals surface area contributed by atoms with Gasteiger partial charge in [-0.05, 0) is 5.56 Å². The molecule has 0 saturated heterocycles. The number of nitrogens with one attached hydrogen (secondary N) is 2.